The highest BCUT2D eigenvalue weighted by Gasteiger charge is 2.09. The van der Waals surface area contributed by atoms with E-state index < -0.39 is 0 Å². The first kappa shape index (κ1) is 12.7. The Morgan fingerprint density at radius 3 is 2.83 bits per heavy atom. The van der Waals surface area contributed by atoms with Crippen LogP contribution in [0.3, 0.4) is 0 Å². The van der Waals surface area contributed by atoms with Gasteiger partial charge in [0.05, 0.1) is 12.8 Å². The highest BCUT2D eigenvalue weighted by Crippen LogP contribution is 2.22. The van der Waals surface area contributed by atoms with Crippen molar-refractivity contribution in [1.82, 2.24) is 9.97 Å². The maximum absolute atomic E-state index is 13.2. The molecule has 6 heteroatoms. The smallest absolute Gasteiger partial charge is 0.199 e. The van der Waals surface area contributed by atoms with Crippen LogP contribution in [0, 0.1) is 5.82 Å². The van der Waals surface area contributed by atoms with Gasteiger partial charge in [0.25, 0.3) is 0 Å². The molecule has 96 valence electrons. The minimum atomic E-state index is -0.291. The van der Waals surface area contributed by atoms with Crippen LogP contribution in [0.4, 0.5) is 10.3 Å². The van der Waals surface area contributed by atoms with E-state index in [0.717, 1.165) is 11.3 Å². The van der Waals surface area contributed by atoms with E-state index in [1.54, 1.807) is 13.2 Å². The van der Waals surface area contributed by atoms with Crippen molar-refractivity contribution in [3.8, 4) is 5.75 Å². The largest absolute Gasteiger partial charge is 0.496 e. The number of benzene rings is 1. The average Bonchev–Trinajstić information content (AvgIpc) is 2.65. The Bertz CT molecular complexity index is 556. The van der Waals surface area contributed by atoms with E-state index in [2.05, 4.69) is 9.97 Å². The van der Waals surface area contributed by atoms with E-state index in [1.165, 1.54) is 12.1 Å². The Hall–Kier alpha value is -1.75. The molecule has 0 amide bonds. The fraction of sp³-hybridized carbons (Fsp3) is 0.250. The minimum absolute atomic E-state index is 0.279. The van der Waals surface area contributed by atoms with Gasteiger partial charge in [-0.1, -0.05) is 11.6 Å². The molecule has 4 nitrogen and oxygen atoms in total. The normalized spacial score (nSPS) is 10.6. The number of aryl methyl sites for hydroxylation is 2. The molecular formula is C12H13ClFN3O. The lowest BCUT2D eigenvalue weighted by Gasteiger charge is -2.07. The fourth-order valence-corrected chi connectivity index (χ4v) is 2.01. The first-order valence-corrected chi connectivity index (χ1v) is 5.80. The monoisotopic (exact) mass is 269 g/mol. The molecule has 0 fully saturated rings. The predicted molar refractivity (Wildman–Crippen MR) is 68.4 cm³/mol. The number of nitrogens with one attached hydrogen (secondary N) is 1. The maximum atomic E-state index is 13.2. The van der Waals surface area contributed by atoms with E-state index in [-0.39, 0.29) is 11.8 Å². The summed E-state index contributed by atoms with van der Waals surface area (Å²) in [6.07, 6.45) is 1.17. The summed E-state index contributed by atoms with van der Waals surface area (Å²) < 4.78 is 18.3. The summed E-state index contributed by atoms with van der Waals surface area (Å²) >= 11 is 5.89. The van der Waals surface area contributed by atoms with Gasteiger partial charge >= 0.3 is 0 Å². The predicted octanol–water partition coefficient (Wildman–Crippen LogP) is 2.58. The Kier molecular flexibility index (Phi) is 3.72. The number of hydrogen-bond donors (Lipinski definition) is 2. The second-order valence-electron chi connectivity index (χ2n) is 3.85. The van der Waals surface area contributed by atoms with Crippen LogP contribution >= 0.6 is 11.6 Å². The fourth-order valence-electron chi connectivity index (χ4n) is 1.78. The first-order chi connectivity index (χ1) is 8.60. The maximum Gasteiger partial charge on any atom is 0.199 e. The van der Waals surface area contributed by atoms with Gasteiger partial charge in [0.15, 0.2) is 11.1 Å². The Morgan fingerprint density at radius 2 is 2.22 bits per heavy atom. The Labute approximate surface area is 109 Å². The van der Waals surface area contributed by atoms with Crippen LogP contribution in [-0.4, -0.2) is 17.1 Å². The van der Waals surface area contributed by atoms with E-state index >= 15 is 0 Å². The van der Waals surface area contributed by atoms with Gasteiger partial charge in [-0.15, -0.1) is 0 Å². The lowest BCUT2D eigenvalue weighted by molar-refractivity contribution is 0.408. The van der Waals surface area contributed by atoms with Crippen molar-refractivity contribution < 1.29 is 9.13 Å². The standard InChI is InChI=1S/C12H13ClFN3O/c1-18-10-5-3-8(14)6-7(10)2-4-9-11(13)17-12(15)16-9/h3,5-6H,2,4H2,1H3,(H3,15,16,17). The third-order valence-corrected chi connectivity index (χ3v) is 2.95. The van der Waals surface area contributed by atoms with Crippen molar-refractivity contribution in [2.24, 2.45) is 0 Å². The second kappa shape index (κ2) is 5.27. The minimum Gasteiger partial charge on any atom is -0.496 e. The number of nitrogen functional groups attached to an aromatic ring is 1. The highest BCUT2D eigenvalue weighted by atomic mass is 35.5. The number of nitrogens with zero attached hydrogens (tertiary/aromatic N) is 1. The van der Waals surface area contributed by atoms with Crippen molar-refractivity contribution in [2.45, 2.75) is 12.8 Å². The van der Waals surface area contributed by atoms with Gasteiger partial charge in [-0.05, 0) is 36.6 Å². The lowest BCUT2D eigenvalue weighted by atomic mass is 10.1. The summed E-state index contributed by atoms with van der Waals surface area (Å²) in [6, 6.07) is 4.42. The van der Waals surface area contributed by atoms with Gasteiger partial charge in [-0.2, -0.15) is 0 Å². The summed E-state index contributed by atoms with van der Waals surface area (Å²) in [4.78, 5) is 6.73. The summed E-state index contributed by atoms with van der Waals surface area (Å²) in [5, 5.41) is 0.350. The summed E-state index contributed by atoms with van der Waals surface area (Å²) in [5.74, 6) is 0.641. The summed E-state index contributed by atoms with van der Waals surface area (Å²) in [6.45, 7) is 0. The molecule has 18 heavy (non-hydrogen) atoms. The second-order valence-corrected chi connectivity index (χ2v) is 4.21. The van der Waals surface area contributed by atoms with Crippen LogP contribution in [0.1, 0.15) is 11.3 Å². The number of rotatable bonds is 4. The molecule has 0 aliphatic heterocycles. The molecule has 1 aromatic heterocycles. The van der Waals surface area contributed by atoms with Crippen molar-refractivity contribution >= 4 is 17.5 Å². The molecule has 0 spiro atoms. The van der Waals surface area contributed by atoms with Crippen LogP contribution < -0.4 is 10.5 Å². The van der Waals surface area contributed by atoms with Gasteiger partial charge in [-0.25, -0.2) is 9.37 Å². The molecule has 0 aliphatic rings. The number of imidazole rings is 1. The average molecular weight is 270 g/mol. The molecule has 3 N–H and O–H groups in total. The SMILES string of the molecule is COc1ccc(F)cc1CCc1[nH]c(N)nc1Cl. The zero-order valence-electron chi connectivity index (χ0n) is 9.84. The highest BCUT2D eigenvalue weighted by molar-refractivity contribution is 6.30. The first-order valence-electron chi connectivity index (χ1n) is 5.42. The number of halogens is 2. The molecule has 0 saturated carbocycles. The molecule has 1 heterocycles. The number of aromatic nitrogens is 2. The van der Waals surface area contributed by atoms with E-state index in [4.69, 9.17) is 22.1 Å². The summed E-state index contributed by atoms with van der Waals surface area (Å²) in [5.41, 5.74) is 7.01. The third kappa shape index (κ3) is 2.73. The van der Waals surface area contributed by atoms with Gasteiger partial charge < -0.3 is 15.5 Å². The Balaban J connectivity index is 2.14. The molecule has 0 bridgehead atoms. The molecule has 0 radical (unpaired) electrons. The van der Waals surface area contributed by atoms with Gasteiger partial charge in [0, 0.05) is 0 Å². The van der Waals surface area contributed by atoms with Crippen molar-refractivity contribution in [1.29, 1.82) is 0 Å². The number of anilines is 1. The molecular weight excluding hydrogens is 257 g/mol. The quantitative estimate of drug-likeness (QED) is 0.897. The molecule has 0 aliphatic carbocycles. The number of H-pyrrole nitrogens is 1. The number of ether oxygens (including phenoxy) is 1. The number of hydrogen-bond acceptors (Lipinski definition) is 3. The van der Waals surface area contributed by atoms with Gasteiger partial charge in [0.2, 0.25) is 0 Å². The zero-order chi connectivity index (χ0) is 13.1. The summed E-state index contributed by atoms with van der Waals surface area (Å²) in [7, 11) is 1.55. The molecule has 0 saturated heterocycles. The van der Waals surface area contributed by atoms with E-state index in [0.29, 0.717) is 23.7 Å². The topological polar surface area (TPSA) is 63.9 Å². The zero-order valence-corrected chi connectivity index (χ0v) is 10.6. The van der Waals surface area contributed by atoms with Crippen molar-refractivity contribution in [2.75, 3.05) is 12.8 Å². The molecule has 2 aromatic rings. The molecule has 0 atom stereocenters. The number of aromatic amines is 1. The van der Waals surface area contributed by atoms with Crippen LogP contribution in [0.5, 0.6) is 5.75 Å². The van der Waals surface area contributed by atoms with E-state index in [9.17, 15) is 4.39 Å². The van der Waals surface area contributed by atoms with Crippen LogP contribution in [0.2, 0.25) is 5.15 Å². The molecule has 0 unspecified atom stereocenters. The van der Waals surface area contributed by atoms with Crippen molar-refractivity contribution in [3.63, 3.8) is 0 Å². The van der Waals surface area contributed by atoms with Crippen LogP contribution in [0.15, 0.2) is 18.2 Å². The third-order valence-electron chi connectivity index (χ3n) is 2.63. The van der Waals surface area contributed by atoms with Crippen LogP contribution in [0.25, 0.3) is 0 Å². The van der Waals surface area contributed by atoms with Gasteiger partial charge in [0.1, 0.15) is 11.6 Å². The van der Waals surface area contributed by atoms with Gasteiger partial charge in [-0.3, -0.25) is 0 Å². The number of methoxy groups -OCH3 is 1. The van der Waals surface area contributed by atoms with E-state index in [1.807, 2.05) is 0 Å². The van der Waals surface area contributed by atoms with Crippen molar-refractivity contribution in [3.05, 3.63) is 40.4 Å². The lowest BCUT2D eigenvalue weighted by Crippen LogP contribution is -1.97. The number of nitrogens with two attached hydrogens (primary N) is 1. The molecule has 1 aromatic carbocycles. The van der Waals surface area contributed by atoms with Crippen LogP contribution in [-0.2, 0) is 12.8 Å². The Morgan fingerprint density at radius 1 is 1.44 bits per heavy atom. The molecule has 2 rings (SSSR count).